The minimum atomic E-state index is -1.13. The third-order valence-electron chi connectivity index (χ3n) is 4.76. The van der Waals surface area contributed by atoms with Crippen molar-refractivity contribution in [2.45, 2.75) is 25.0 Å². The van der Waals surface area contributed by atoms with Crippen LogP contribution in [0.1, 0.15) is 12.8 Å². The number of ether oxygens (including phenoxy) is 1. The molecule has 0 saturated carbocycles. The molecule has 0 spiro atoms. The van der Waals surface area contributed by atoms with Crippen molar-refractivity contribution in [2.75, 3.05) is 33.2 Å². The molecule has 3 aliphatic rings. The van der Waals surface area contributed by atoms with Crippen LogP contribution in [-0.4, -0.2) is 62.2 Å². The van der Waals surface area contributed by atoms with Crippen LogP contribution in [0, 0.1) is 11.8 Å². The minimum Gasteiger partial charge on any atom is -0.550 e. The van der Waals surface area contributed by atoms with Crippen molar-refractivity contribution in [3.05, 3.63) is 0 Å². The summed E-state index contributed by atoms with van der Waals surface area (Å²) in [6, 6.07) is 0. The third-order valence-corrected chi connectivity index (χ3v) is 4.76. The summed E-state index contributed by atoms with van der Waals surface area (Å²) in [4.78, 5) is 27.0. The highest BCUT2D eigenvalue weighted by Gasteiger charge is 2.53. The van der Waals surface area contributed by atoms with Crippen molar-refractivity contribution in [1.82, 2.24) is 4.90 Å². The molecule has 3 aliphatic heterocycles. The Labute approximate surface area is 112 Å². The molecule has 1 N–H and O–H groups in total. The van der Waals surface area contributed by atoms with Gasteiger partial charge in [-0.2, -0.15) is 0 Å². The van der Waals surface area contributed by atoms with Crippen molar-refractivity contribution < 1.29 is 24.3 Å². The topological polar surface area (TPSA) is 74.1 Å². The Morgan fingerprint density at radius 1 is 1.16 bits per heavy atom. The highest BCUT2D eigenvalue weighted by Crippen LogP contribution is 2.44. The van der Waals surface area contributed by atoms with Gasteiger partial charge in [-0.05, 0) is 12.8 Å². The normalized spacial score (nSPS) is 38.7. The number of hydrogen-bond acceptors (Lipinski definition) is 4. The lowest BCUT2D eigenvalue weighted by molar-refractivity contribution is -0.883. The van der Waals surface area contributed by atoms with Gasteiger partial charge < -0.3 is 24.4 Å². The Hall–Kier alpha value is -1.14. The second-order valence-corrected chi connectivity index (χ2v) is 5.94. The molecule has 106 valence electrons. The molecule has 3 rings (SSSR count). The van der Waals surface area contributed by atoms with Crippen LogP contribution >= 0.6 is 0 Å². The number of aliphatic carboxylic acids is 1. The van der Waals surface area contributed by atoms with E-state index in [0.717, 1.165) is 25.9 Å². The Bertz CT molecular complexity index is 392. The quantitative estimate of drug-likeness (QED) is 0.575. The zero-order valence-corrected chi connectivity index (χ0v) is 11.1. The van der Waals surface area contributed by atoms with Gasteiger partial charge in [0.05, 0.1) is 51.4 Å². The number of likely N-dealkylation sites (N-methyl/N-ethyl adjacent to an activating group) is 1. The molecule has 6 heteroatoms. The first-order valence-electron chi connectivity index (χ1n) is 7.04. The summed E-state index contributed by atoms with van der Waals surface area (Å²) in [5, 5.41) is 11.3. The second kappa shape index (κ2) is 4.76. The van der Waals surface area contributed by atoms with E-state index in [0.29, 0.717) is 13.1 Å². The van der Waals surface area contributed by atoms with Gasteiger partial charge in [0.2, 0.25) is 5.91 Å². The van der Waals surface area contributed by atoms with Crippen molar-refractivity contribution in [1.29, 1.82) is 0 Å². The first-order chi connectivity index (χ1) is 9.08. The van der Waals surface area contributed by atoms with Gasteiger partial charge in [0.25, 0.3) is 0 Å². The van der Waals surface area contributed by atoms with Crippen LogP contribution in [0.4, 0.5) is 0 Å². The smallest absolute Gasteiger partial charge is 0.229 e. The Morgan fingerprint density at radius 2 is 1.74 bits per heavy atom. The number of rotatable bonds is 2. The molecule has 3 heterocycles. The van der Waals surface area contributed by atoms with Gasteiger partial charge >= 0.3 is 0 Å². The number of carboxylic acid groups (broad SMARTS) is 1. The van der Waals surface area contributed by atoms with Crippen LogP contribution in [0.5, 0.6) is 0 Å². The lowest BCUT2D eigenvalue weighted by Gasteiger charge is -2.35. The van der Waals surface area contributed by atoms with E-state index in [2.05, 4.69) is 7.05 Å². The molecular formula is C13H20N2O4. The summed E-state index contributed by atoms with van der Waals surface area (Å²) in [5.74, 6) is -2.46. The average Bonchev–Trinajstić information content (AvgIpc) is 2.98. The van der Waals surface area contributed by atoms with E-state index in [1.54, 1.807) is 4.90 Å². The molecule has 0 aromatic heterocycles. The molecule has 0 aliphatic carbocycles. The Kier molecular flexibility index (Phi) is 3.22. The van der Waals surface area contributed by atoms with Gasteiger partial charge in [0.1, 0.15) is 0 Å². The number of piperazine rings is 1. The average molecular weight is 268 g/mol. The van der Waals surface area contributed by atoms with Gasteiger partial charge in [-0.25, -0.2) is 0 Å². The zero-order chi connectivity index (χ0) is 13.6. The van der Waals surface area contributed by atoms with E-state index < -0.39 is 17.8 Å². The predicted molar refractivity (Wildman–Crippen MR) is 63.1 cm³/mol. The van der Waals surface area contributed by atoms with E-state index in [1.165, 1.54) is 4.90 Å². The van der Waals surface area contributed by atoms with Crippen molar-refractivity contribution in [3.8, 4) is 0 Å². The maximum atomic E-state index is 12.6. The van der Waals surface area contributed by atoms with E-state index in [-0.39, 0.29) is 18.1 Å². The van der Waals surface area contributed by atoms with Gasteiger partial charge in [-0.15, -0.1) is 0 Å². The molecule has 1 amide bonds. The fourth-order valence-electron chi connectivity index (χ4n) is 3.61. The highest BCUT2D eigenvalue weighted by molar-refractivity contribution is 5.86. The second-order valence-electron chi connectivity index (χ2n) is 5.94. The summed E-state index contributed by atoms with van der Waals surface area (Å²) in [6.45, 7) is 3.25. The maximum absolute atomic E-state index is 12.6. The van der Waals surface area contributed by atoms with E-state index in [4.69, 9.17) is 4.74 Å². The molecule has 0 aromatic carbocycles. The number of fused-ring (bicyclic) bond motifs is 2. The van der Waals surface area contributed by atoms with Gasteiger partial charge in [0.15, 0.2) is 0 Å². The largest absolute Gasteiger partial charge is 0.550 e. The molecule has 6 nitrogen and oxygen atoms in total. The molecule has 0 radical (unpaired) electrons. The van der Waals surface area contributed by atoms with Gasteiger partial charge in [0, 0.05) is 11.9 Å². The standard InChI is InChI=1S/C13H20N2O4/c1-14-4-6-15(7-5-14)12(16)10-8-2-3-9(19-8)11(10)13(17)18/h8-11H,2-7H2,1H3,(H,17,18)/t8-,9+,10+,11-/m0/s1. The number of nitrogens with zero attached hydrogens (tertiary/aromatic N) is 1. The first-order valence-corrected chi connectivity index (χ1v) is 7.04. The molecule has 2 bridgehead atoms. The van der Waals surface area contributed by atoms with Crippen LogP contribution in [0.25, 0.3) is 0 Å². The van der Waals surface area contributed by atoms with E-state index >= 15 is 0 Å². The molecule has 0 unspecified atom stereocenters. The number of quaternary nitrogens is 1. The van der Waals surface area contributed by atoms with Gasteiger partial charge in [-0.1, -0.05) is 0 Å². The van der Waals surface area contributed by atoms with Gasteiger partial charge in [-0.3, -0.25) is 4.79 Å². The first kappa shape index (κ1) is 12.9. The fourth-order valence-corrected chi connectivity index (χ4v) is 3.61. The lowest BCUT2D eigenvalue weighted by Crippen LogP contribution is -3.12. The van der Waals surface area contributed by atoms with Crippen LogP contribution in [0.2, 0.25) is 0 Å². The number of carboxylic acids is 1. The van der Waals surface area contributed by atoms with Crippen LogP contribution in [0.3, 0.4) is 0 Å². The summed E-state index contributed by atoms with van der Waals surface area (Å²) in [5.41, 5.74) is 0. The number of carbonyl (C=O) groups excluding carboxylic acids is 2. The summed E-state index contributed by atoms with van der Waals surface area (Å²) >= 11 is 0. The monoisotopic (exact) mass is 268 g/mol. The van der Waals surface area contributed by atoms with Crippen LogP contribution < -0.4 is 10.0 Å². The molecule has 4 atom stereocenters. The lowest BCUT2D eigenvalue weighted by atomic mass is 9.78. The molecule has 3 fully saturated rings. The van der Waals surface area contributed by atoms with Crippen LogP contribution in [0.15, 0.2) is 0 Å². The van der Waals surface area contributed by atoms with E-state index in [1.807, 2.05) is 0 Å². The fraction of sp³-hybridized carbons (Fsp3) is 0.846. The SMILES string of the molecule is C[NH+]1CCN(C(=O)[C@H]2[C@@H](C(=O)[O-])[C@H]3CC[C@@H]2O3)CC1. The predicted octanol–water partition coefficient (Wildman–Crippen LogP) is -3.11. The molecule has 3 saturated heterocycles. The molecular weight excluding hydrogens is 248 g/mol. The molecule has 19 heavy (non-hydrogen) atoms. The molecule has 0 aromatic rings. The minimum absolute atomic E-state index is 0.0473. The van der Waals surface area contributed by atoms with Crippen molar-refractivity contribution in [2.24, 2.45) is 11.8 Å². The Morgan fingerprint density at radius 3 is 2.32 bits per heavy atom. The van der Waals surface area contributed by atoms with Crippen molar-refractivity contribution >= 4 is 11.9 Å². The van der Waals surface area contributed by atoms with Crippen LogP contribution in [-0.2, 0) is 14.3 Å². The maximum Gasteiger partial charge on any atom is 0.229 e. The Balaban J connectivity index is 1.73. The van der Waals surface area contributed by atoms with Crippen molar-refractivity contribution in [3.63, 3.8) is 0 Å². The summed E-state index contributed by atoms with van der Waals surface area (Å²) in [6.07, 6.45) is 0.999. The summed E-state index contributed by atoms with van der Waals surface area (Å²) < 4.78 is 5.62. The van der Waals surface area contributed by atoms with E-state index in [9.17, 15) is 14.7 Å². The highest BCUT2D eigenvalue weighted by atomic mass is 16.5. The zero-order valence-electron chi connectivity index (χ0n) is 11.1. The summed E-state index contributed by atoms with van der Waals surface area (Å²) in [7, 11) is 2.10. The number of hydrogen-bond donors (Lipinski definition) is 1. The number of amides is 1. The number of carbonyl (C=O) groups is 2. The third kappa shape index (κ3) is 2.12. The number of nitrogens with one attached hydrogen (secondary N) is 1.